The molecule has 0 atom stereocenters. The van der Waals surface area contributed by atoms with Crippen LogP contribution < -0.4 is 0 Å². The zero-order valence-corrected chi connectivity index (χ0v) is 13.6. The highest BCUT2D eigenvalue weighted by Gasteiger charge is 2.23. The second kappa shape index (κ2) is 6.14. The first-order valence-electron chi connectivity index (χ1n) is 7.77. The number of rotatable bonds is 3. The minimum absolute atomic E-state index is 0.160. The average molecular weight is 326 g/mol. The number of piperazine rings is 1. The monoisotopic (exact) mass is 326 g/mol. The third-order valence-corrected chi connectivity index (χ3v) is 5.05. The molecular weight excluding hydrogens is 308 g/mol. The minimum atomic E-state index is 0.160. The number of imidazole rings is 1. The molecule has 4 heterocycles. The molecule has 3 aromatic rings. The van der Waals surface area contributed by atoms with Crippen molar-refractivity contribution in [3.05, 3.63) is 58.7 Å². The number of thiophene rings is 1. The van der Waals surface area contributed by atoms with E-state index >= 15 is 0 Å². The van der Waals surface area contributed by atoms with Gasteiger partial charge in [0.15, 0.2) is 0 Å². The molecule has 0 unspecified atom stereocenters. The third-order valence-electron chi connectivity index (χ3n) is 4.19. The summed E-state index contributed by atoms with van der Waals surface area (Å²) < 4.78 is 2.05. The maximum absolute atomic E-state index is 12.3. The summed E-state index contributed by atoms with van der Waals surface area (Å²) in [6, 6.07) is 9.85. The van der Waals surface area contributed by atoms with E-state index in [-0.39, 0.29) is 5.91 Å². The molecule has 0 saturated carbocycles. The molecule has 3 aromatic heterocycles. The van der Waals surface area contributed by atoms with Crippen molar-refractivity contribution in [2.45, 2.75) is 6.54 Å². The fraction of sp³-hybridized carbons (Fsp3) is 0.294. The number of amides is 1. The first-order chi connectivity index (χ1) is 11.3. The Morgan fingerprint density at radius 2 is 2.00 bits per heavy atom. The molecule has 0 radical (unpaired) electrons. The molecule has 0 bridgehead atoms. The van der Waals surface area contributed by atoms with Gasteiger partial charge >= 0.3 is 0 Å². The first kappa shape index (κ1) is 14.4. The predicted octanol–water partition coefficient (Wildman–Crippen LogP) is 2.35. The lowest BCUT2D eigenvalue weighted by molar-refractivity contribution is 0.0632. The van der Waals surface area contributed by atoms with Crippen LogP contribution in [0.1, 0.15) is 15.4 Å². The quantitative estimate of drug-likeness (QED) is 0.742. The largest absolute Gasteiger partial charge is 0.335 e. The molecule has 4 rings (SSSR count). The van der Waals surface area contributed by atoms with Gasteiger partial charge in [0.2, 0.25) is 0 Å². The summed E-state index contributed by atoms with van der Waals surface area (Å²) in [5.41, 5.74) is 2.06. The van der Waals surface area contributed by atoms with Gasteiger partial charge in [0.1, 0.15) is 5.65 Å². The van der Waals surface area contributed by atoms with Gasteiger partial charge in [-0.3, -0.25) is 9.69 Å². The normalized spacial score (nSPS) is 16.1. The highest BCUT2D eigenvalue weighted by molar-refractivity contribution is 7.12. The molecule has 0 N–H and O–H groups in total. The van der Waals surface area contributed by atoms with E-state index in [1.807, 2.05) is 51.2 Å². The smallest absolute Gasteiger partial charge is 0.264 e. The van der Waals surface area contributed by atoms with Crippen molar-refractivity contribution in [2.75, 3.05) is 26.2 Å². The Morgan fingerprint density at radius 3 is 2.74 bits per heavy atom. The number of aromatic nitrogens is 2. The Labute approximate surface area is 138 Å². The van der Waals surface area contributed by atoms with Crippen LogP contribution >= 0.6 is 11.3 Å². The average Bonchev–Trinajstić information content (AvgIpc) is 3.24. The lowest BCUT2D eigenvalue weighted by atomic mass is 10.2. The van der Waals surface area contributed by atoms with E-state index < -0.39 is 0 Å². The van der Waals surface area contributed by atoms with E-state index in [0.29, 0.717) is 0 Å². The van der Waals surface area contributed by atoms with Gasteiger partial charge in [0.05, 0.1) is 10.6 Å². The first-order valence-corrected chi connectivity index (χ1v) is 8.65. The second-order valence-electron chi connectivity index (χ2n) is 5.74. The fourth-order valence-electron chi connectivity index (χ4n) is 2.96. The lowest BCUT2D eigenvalue weighted by Gasteiger charge is -2.34. The third kappa shape index (κ3) is 3.00. The topological polar surface area (TPSA) is 40.9 Å². The molecule has 0 aromatic carbocycles. The second-order valence-corrected chi connectivity index (χ2v) is 6.69. The number of pyridine rings is 1. The lowest BCUT2D eigenvalue weighted by Crippen LogP contribution is -2.48. The van der Waals surface area contributed by atoms with Crippen LogP contribution in [-0.2, 0) is 6.54 Å². The van der Waals surface area contributed by atoms with Crippen molar-refractivity contribution in [3.63, 3.8) is 0 Å². The molecule has 0 aliphatic carbocycles. The summed E-state index contributed by atoms with van der Waals surface area (Å²) in [4.78, 5) is 22.1. The molecule has 1 fully saturated rings. The van der Waals surface area contributed by atoms with Gasteiger partial charge in [-0.25, -0.2) is 4.98 Å². The van der Waals surface area contributed by atoms with Gasteiger partial charge in [0, 0.05) is 45.1 Å². The molecule has 0 spiro atoms. The number of hydrogen-bond donors (Lipinski definition) is 0. The molecule has 5 nitrogen and oxygen atoms in total. The summed E-state index contributed by atoms with van der Waals surface area (Å²) in [5.74, 6) is 0.160. The molecule has 118 valence electrons. The fourth-order valence-corrected chi connectivity index (χ4v) is 3.65. The summed E-state index contributed by atoms with van der Waals surface area (Å²) in [6.45, 7) is 4.19. The van der Waals surface area contributed by atoms with E-state index in [1.54, 1.807) is 0 Å². The highest BCUT2D eigenvalue weighted by atomic mass is 32.1. The Kier molecular flexibility index (Phi) is 3.85. The Balaban J connectivity index is 1.37. The van der Waals surface area contributed by atoms with Crippen LogP contribution in [0.25, 0.3) is 5.65 Å². The van der Waals surface area contributed by atoms with E-state index in [0.717, 1.165) is 48.9 Å². The molecular formula is C17H18N4OS. The minimum Gasteiger partial charge on any atom is -0.335 e. The van der Waals surface area contributed by atoms with E-state index in [2.05, 4.69) is 16.1 Å². The van der Waals surface area contributed by atoms with Crippen molar-refractivity contribution >= 4 is 22.9 Å². The van der Waals surface area contributed by atoms with Crippen LogP contribution in [0.5, 0.6) is 0 Å². The number of hydrogen-bond acceptors (Lipinski definition) is 4. The maximum atomic E-state index is 12.3. The van der Waals surface area contributed by atoms with Crippen molar-refractivity contribution in [3.8, 4) is 0 Å². The van der Waals surface area contributed by atoms with Crippen molar-refractivity contribution in [2.24, 2.45) is 0 Å². The number of fused-ring (bicyclic) bond motifs is 1. The summed E-state index contributed by atoms with van der Waals surface area (Å²) in [6.07, 6.45) is 4.10. The molecule has 23 heavy (non-hydrogen) atoms. The van der Waals surface area contributed by atoms with Crippen LogP contribution in [0.15, 0.2) is 48.1 Å². The number of carbonyl (C=O) groups is 1. The van der Waals surface area contributed by atoms with Crippen LogP contribution in [0, 0.1) is 0 Å². The van der Waals surface area contributed by atoms with Crippen molar-refractivity contribution in [1.29, 1.82) is 0 Å². The summed E-state index contributed by atoms with van der Waals surface area (Å²) in [7, 11) is 0. The maximum Gasteiger partial charge on any atom is 0.264 e. The van der Waals surface area contributed by atoms with E-state index in [4.69, 9.17) is 0 Å². The number of nitrogens with zero attached hydrogens (tertiary/aromatic N) is 4. The van der Waals surface area contributed by atoms with Gasteiger partial charge < -0.3 is 9.30 Å². The zero-order chi connectivity index (χ0) is 15.6. The summed E-state index contributed by atoms with van der Waals surface area (Å²) >= 11 is 1.51. The van der Waals surface area contributed by atoms with Crippen molar-refractivity contribution < 1.29 is 4.79 Å². The number of carbonyl (C=O) groups excluding carboxylic acids is 1. The van der Waals surface area contributed by atoms with Crippen LogP contribution in [0.3, 0.4) is 0 Å². The van der Waals surface area contributed by atoms with Crippen LogP contribution in [0.4, 0.5) is 0 Å². The molecule has 1 saturated heterocycles. The van der Waals surface area contributed by atoms with E-state index in [1.165, 1.54) is 11.3 Å². The highest BCUT2D eigenvalue weighted by Crippen LogP contribution is 2.15. The van der Waals surface area contributed by atoms with Crippen LogP contribution in [0.2, 0.25) is 0 Å². The zero-order valence-electron chi connectivity index (χ0n) is 12.8. The van der Waals surface area contributed by atoms with Crippen molar-refractivity contribution in [1.82, 2.24) is 19.2 Å². The molecule has 1 aliphatic heterocycles. The van der Waals surface area contributed by atoms with Gasteiger partial charge in [-0.05, 0) is 23.6 Å². The van der Waals surface area contributed by atoms with E-state index in [9.17, 15) is 4.79 Å². The molecule has 1 aliphatic rings. The van der Waals surface area contributed by atoms with Gasteiger partial charge in [0.25, 0.3) is 5.91 Å². The Bertz CT molecular complexity index is 770. The standard InChI is InChI=1S/C17H18N4OS/c22-17(15-4-3-11-23-15)20-9-7-19(8-10-20)12-14-13-21-6-2-1-5-16(21)18-14/h1-6,11,13H,7-10,12H2. The molecule has 1 amide bonds. The van der Waals surface area contributed by atoms with Gasteiger partial charge in [-0.1, -0.05) is 12.1 Å². The summed E-state index contributed by atoms with van der Waals surface area (Å²) in [5, 5.41) is 1.95. The predicted molar refractivity (Wildman–Crippen MR) is 90.7 cm³/mol. The van der Waals surface area contributed by atoms with Gasteiger partial charge in [-0.2, -0.15) is 0 Å². The van der Waals surface area contributed by atoms with Gasteiger partial charge in [-0.15, -0.1) is 11.3 Å². The SMILES string of the molecule is O=C(c1cccs1)N1CCN(Cc2cn3ccccc3n2)CC1. The Morgan fingerprint density at radius 1 is 1.13 bits per heavy atom. The Hall–Kier alpha value is -2.18. The molecule has 6 heteroatoms. The van der Waals surface area contributed by atoms with Crippen LogP contribution in [-0.4, -0.2) is 51.3 Å².